The van der Waals surface area contributed by atoms with E-state index in [1.807, 2.05) is 63.4 Å². The minimum atomic E-state index is -1.57. The van der Waals surface area contributed by atoms with E-state index in [4.69, 9.17) is 0 Å². The van der Waals surface area contributed by atoms with Crippen molar-refractivity contribution in [1.82, 2.24) is 10.3 Å². The molecule has 7 heteroatoms. The van der Waals surface area contributed by atoms with Gasteiger partial charge >= 0.3 is 0 Å². The van der Waals surface area contributed by atoms with Crippen LogP contribution in [0.5, 0.6) is 0 Å². The van der Waals surface area contributed by atoms with Crippen molar-refractivity contribution in [1.29, 1.82) is 0 Å². The lowest BCUT2D eigenvalue weighted by molar-refractivity contribution is -0.148. The van der Waals surface area contributed by atoms with Crippen LogP contribution in [0.2, 0.25) is 0 Å². The average molecular weight is 529 g/mol. The molecule has 0 unspecified atom stereocenters. The molecule has 39 heavy (non-hydrogen) atoms. The summed E-state index contributed by atoms with van der Waals surface area (Å²) in [6.07, 6.45) is 6.96. The molecule has 0 radical (unpaired) electrons. The van der Waals surface area contributed by atoms with E-state index in [9.17, 15) is 24.3 Å². The molecule has 1 amide bonds. The van der Waals surface area contributed by atoms with Crippen molar-refractivity contribution in [2.24, 2.45) is 23.2 Å². The summed E-state index contributed by atoms with van der Waals surface area (Å²) in [5.74, 6) is -3.36. The van der Waals surface area contributed by atoms with Crippen LogP contribution in [0.1, 0.15) is 52.5 Å². The number of hydrogen-bond acceptors (Lipinski definition) is 5. The van der Waals surface area contributed by atoms with Gasteiger partial charge in [-0.25, -0.2) is 0 Å². The van der Waals surface area contributed by atoms with Gasteiger partial charge in [0.1, 0.15) is 11.2 Å². The molecule has 3 aliphatic rings. The zero-order valence-electron chi connectivity index (χ0n) is 22.9. The summed E-state index contributed by atoms with van der Waals surface area (Å²) in [5, 5.41) is 15.7. The molecule has 1 spiro atoms. The monoisotopic (exact) mass is 528 g/mol. The van der Waals surface area contributed by atoms with Crippen LogP contribution >= 0.6 is 0 Å². The van der Waals surface area contributed by atoms with Crippen LogP contribution in [0.25, 0.3) is 10.9 Å². The van der Waals surface area contributed by atoms with Gasteiger partial charge in [-0.15, -0.1) is 0 Å². The van der Waals surface area contributed by atoms with Crippen LogP contribution in [-0.2, 0) is 25.6 Å². The van der Waals surface area contributed by atoms with E-state index < -0.39 is 46.6 Å². The molecule has 1 aromatic carbocycles. The highest BCUT2D eigenvalue weighted by atomic mass is 16.3. The van der Waals surface area contributed by atoms with Crippen molar-refractivity contribution in [2.75, 3.05) is 0 Å². The quantitative estimate of drug-likeness (QED) is 0.307. The summed E-state index contributed by atoms with van der Waals surface area (Å²) >= 11 is 0. The molecule has 0 saturated carbocycles. The van der Waals surface area contributed by atoms with E-state index in [1.165, 1.54) is 0 Å². The highest BCUT2D eigenvalue weighted by Gasteiger charge is 2.66. The third kappa shape index (κ3) is 4.33. The fourth-order valence-corrected chi connectivity index (χ4v) is 7.06. The second-order valence-electron chi connectivity index (χ2n) is 11.5. The second-order valence-corrected chi connectivity index (χ2v) is 11.5. The van der Waals surface area contributed by atoms with E-state index in [0.29, 0.717) is 18.4 Å². The van der Waals surface area contributed by atoms with E-state index in [0.717, 1.165) is 27.6 Å². The topological polar surface area (TPSA) is 116 Å². The number of ketones is 3. The third-order valence-electron chi connectivity index (χ3n) is 9.14. The number of para-hydroxylation sites is 1. The van der Waals surface area contributed by atoms with Crippen molar-refractivity contribution in [2.45, 2.75) is 65.5 Å². The van der Waals surface area contributed by atoms with Crippen LogP contribution in [0.4, 0.5) is 0 Å². The molecule has 204 valence electrons. The molecule has 2 heterocycles. The normalized spacial score (nSPS) is 33.6. The number of fused-ring (bicyclic) bond motifs is 1. The number of aromatic nitrogens is 1. The molecule has 1 saturated heterocycles. The molecule has 2 aromatic rings. The predicted molar refractivity (Wildman–Crippen MR) is 149 cm³/mol. The van der Waals surface area contributed by atoms with Gasteiger partial charge in [0.2, 0.25) is 17.5 Å². The Hall–Kier alpha value is -3.58. The summed E-state index contributed by atoms with van der Waals surface area (Å²) < 4.78 is 0. The molecular weight excluding hydrogens is 492 g/mol. The number of benzene rings is 1. The van der Waals surface area contributed by atoms with Gasteiger partial charge in [0.25, 0.3) is 0 Å². The van der Waals surface area contributed by atoms with Crippen LogP contribution in [0, 0.1) is 23.2 Å². The number of Topliss-reactive ketones (excluding diaryl/α,β-unsaturated/α-hetero) is 3. The largest absolute Gasteiger partial charge is 0.388 e. The Kier molecular flexibility index (Phi) is 7.06. The second kappa shape index (κ2) is 10.2. The highest BCUT2D eigenvalue weighted by Crippen LogP contribution is 2.55. The van der Waals surface area contributed by atoms with Crippen LogP contribution < -0.4 is 5.32 Å². The van der Waals surface area contributed by atoms with Crippen LogP contribution in [0.3, 0.4) is 0 Å². The highest BCUT2D eigenvalue weighted by molar-refractivity contribution is 6.43. The van der Waals surface area contributed by atoms with Crippen molar-refractivity contribution in [3.05, 3.63) is 71.0 Å². The standard InChI is InChI=1S/C32H36N2O5/c1-17-8-7-10-23-30(38)20(4)19(3)28-25(15-21-16-33-24-11-6-5-9-22(21)24)34-31(39)32(23,28)27(36)13-12-26(35)29(37)18(2)14-17/h5-7,9-11,14,16-17,23,25,28,30,33,38H,8,12-13,15H2,1-4H3,(H,34,39)/b10-7?,18-14-/t17-,23-,25-,28-,30+,32+/m0/s1. The van der Waals surface area contributed by atoms with Crippen molar-refractivity contribution in [3.8, 4) is 0 Å². The molecule has 1 fully saturated rings. The van der Waals surface area contributed by atoms with Crippen LogP contribution in [0.15, 0.2) is 65.4 Å². The van der Waals surface area contributed by atoms with Crippen molar-refractivity contribution >= 4 is 34.2 Å². The number of hydrogen-bond donors (Lipinski definition) is 3. The summed E-state index contributed by atoms with van der Waals surface area (Å²) in [5.41, 5.74) is 2.41. The first-order valence-corrected chi connectivity index (χ1v) is 13.7. The number of aliphatic hydroxyl groups excluding tert-OH is 1. The van der Waals surface area contributed by atoms with E-state index in [-0.39, 0.29) is 24.8 Å². The average Bonchev–Trinajstić information content (AvgIpc) is 3.45. The Morgan fingerprint density at radius 1 is 1.03 bits per heavy atom. The molecular formula is C32H36N2O5. The Balaban J connectivity index is 1.62. The first-order valence-electron chi connectivity index (χ1n) is 13.7. The summed E-state index contributed by atoms with van der Waals surface area (Å²) in [6, 6.07) is 7.57. The maximum atomic E-state index is 14.2. The zero-order valence-corrected chi connectivity index (χ0v) is 22.9. The first-order chi connectivity index (χ1) is 18.6. The fourth-order valence-electron chi connectivity index (χ4n) is 7.06. The molecule has 2 aliphatic carbocycles. The first kappa shape index (κ1) is 27.0. The number of allylic oxidation sites excluding steroid dienone is 3. The van der Waals surface area contributed by atoms with Gasteiger partial charge in [-0.2, -0.15) is 0 Å². The Morgan fingerprint density at radius 2 is 1.77 bits per heavy atom. The summed E-state index contributed by atoms with van der Waals surface area (Å²) in [4.78, 5) is 57.0. The number of H-pyrrole nitrogens is 1. The van der Waals surface area contributed by atoms with E-state index >= 15 is 0 Å². The van der Waals surface area contributed by atoms with Gasteiger partial charge < -0.3 is 15.4 Å². The lowest BCUT2D eigenvalue weighted by atomic mass is 9.54. The molecule has 6 atom stereocenters. The number of carbonyl (C=O) groups excluding carboxylic acids is 4. The number of aliphatic hydroxyl groups is 1. The molecule has 5 rings (SSSR count). The minimum Gasteiger partial charge on any atom is -0.388 e. The molecule has 7 nitrogen and oxygen atoms in total. The molecule has 3 N–H and O–H groups in total. The number of carbonyl (C=O) groups is 4. The Morgan fingerprint density at radius 3 is 2.54 bits per heavy atom. The zero-order chi connectivity index (χ0) is 28.1. The van der Waals surface area contributed by atoms with Gasteiger partial charge in [-0.1, -0.05) is 48.9 Å². The fraction of sp³-hybridized carbons (Fsp3) is 0.438. The lowest BCUT2D eigenvalue weighted by Gasteiger charge is -2.46. The Labute approximate surface area is 228 Å². The van der Waals surface area contributed by atoms with Crippen molar-refractivity contribution in [3.63, 3.8) is 0 Å². The van der Waals surface area contributed by atoms with Crippen molar-refractivity contribution < 1.29 is 24.3 Å². The molecule has 1 aliphatic heterocycles. The maximum absolute atomic E-state index is 14.2. The predicted octanol–water partition coefficient (Wildman–Crippen LogP) is 4.17. The van der Waals surface area contributed by atoms with E-state index in [1.54, 1.807) is 13.0 Å². The number of amides is 1. The third-order valence-corrected chi connectivity index (χ3v) is 9.14. The van der Waals surface area contributed by atoms with Gasteiger partial charge in [0.05, 0.1) is 6.10 Å². The SMILES string of the molecule is CC1=C(C)[C@H]2[C@H](Cc3c[nH]c4ccccc34)NC(=O)[C@]23C(=O)CCC(=O)C(=O)/C(C)=C\[C@@H](C)CC=C[C@H]3[C@@H]1O. The van der Waals surface area contributed by atoms with Crippen LogP contribution in [-0.4, -0.2) is 45.5 Å². The van der Waals surface area contributed by atoms with E-state index in [2.05, 4.69) is 10.3 Å². The number of nitrogens with one attached hydrogen (secondary N) is 2. The van der Waals surface area contributed by atoms with Gasteiger partial charge in [-0.05, 0) is 62.3 Å². The lowest BCUT2D eigenvalue weighted by Crippen LogP contribution is -2.55. The number of rotatable bonds is 2. The molecule has 1 aromatic heterocycles. The summed E-state index contributed by atoms with van der Waals surface area (Å²) in [7, 11) is 0. The number of aromatic amines is 1. The summed E-state index contributed by atoms with van der Waals surface area (Å²) in [6.45, 7) is 7.33. The minimum absolute atomic E-state index is 0.0349. The smallest absolute Gasteiger partial charge is 0.235 e. The Bertz CT molecular complexity index is 1460. The molecule has 0 bridgehead atoms. The van der Waals surface area contributed by atoms with Gasteiger partial charge in [0.15, 0.2) is 0 Å². The van der Waals surface area contributed by atoms with Gasteiger partial charge in [0, 0.05) is 47.8 Å². The maximum Gasteiger partial charge on any atom is 0.235 e. The van der Waals surface area contributed by atoms with Gasteiger partial charge in [-0.3, -0.25) is 19.2 Å².